The van der Waals surface area contributed by atoms with E-state index in [4.69, 9.17) is 4.74 Å². The molecule has 1 fully saturated rings. The summed E-state index contributed by atoms with van der Waals surface area (Å²) in [6.45, 7) is 1.92. The molecule has 5 nitrogen and oxygen atoms in total. The van der Waals surface area contributed by atoms with Gasteiger partial charge in [0, 0.05) is 31.6 Å². The molecule has 0 spiro atoms. The molecule has 3 rings (SSSR count). The zero-order valence-electron chi connectivity index (χ0n) is 15.5. The van der Waals surface area contributed by atoms with Crippen molar-refractivity contribution >= 4 is 5.91 Å². The molecule has 1 aromatic heterocycles. The minimum atomic E-state index is 0.0859. The number of nitrogens with zero attached hydrogens (tertiary/aromatic N) is 3. The van der Waals surface area contributed by atoms with Crippen molar-refractivity contribution in [3.8, 4) is 5.75 Å². The molecular formula is C21H27N3O2. The quantitative estimate of drug-likeness (QED) is 0.800. The van der Waals surface area contributed by atoms with Crippen LogP contribution in [0.3, 0.4) is 0 Å². The molecule has 0 unspecified atom stereocenters. The van der Waals surface area contributed by atoms with Crippen LogP contribution in [0.15, 0.2) is 54.9 Å². The van der Waals surface area contributed by atoms with Crippen molar-refractivity contribution in [2.75, 3.05) is 33.7 Å². The number of likely N-dealkylation sites (N-methyl/N-ethyl adjacent to an activating group) is 1. The summed E-state index contributed by atoms with van der Waals surface area (Å²) in [5.41, 5.74) is 1.28. The third-order valence-corrected chi connectivity index (χ3v) is 4.73. The first-order valence-corrected chi connectivity index (χ1v) is 9.15. The minimum absolute atomic E-state index is 0.0859. The Labute approximate surface area is 155 Å². The molecule has 138 valence electrons. The predicted octanol–water partition coefficient (Wildman–Crippen LogP) is 2.48. The zero-order valence-corrected chi connectivity index (χ0v) is 15.5. The molecule has 0 radical (unpaired) electrons. The van der Waals surface area contributed by atoms with Gasteiger partial charge in [0.25, 0.3) is 0 Å². The molecule has 1 amide bonds. The van der Waals surface area contributed by atoms with Crippen molar-refractivity contribution in [2.24, 2.45) is 5.92 Å². The van der Waals surface area contributed by atoms with Crippen LogP contribution in [0.5, 0.6) is 5.75 Å². The Morgan fingerprint density at radius 1 is 1.23 bits per heavy atom. The highest BCUT2D eigenvalue weighted by molar-refractivity contribution is 5.78. The number of carbonyl (C=O) groups is 1. The van der Waals surface area contributed by atoms with E-state index in [0.717, 1.165) is 31.7 Å². The Kier molecular flexibility index (Phi) is 6.23. The third-order valence-electron chi connectivity index (χ3n) is 4.73. The molecule has 0 N–H and O–H groups in total. The Hall–Kier alpha value is -2.40. The lowest BCUT2D eigenvalue weighted by Gasteiger charge is -2.39. The van der Waals surface area contributed by atoms with Crippen molar-refractivity contribution in [3.63, 3.8) is 0 Å². The van der Waals surface area contributed by atoms with E-state index >= 15 is 0 Å². The molecule has 2 aromatic rings. The topological polar surface area (TPSA) is 45.7 Å². The summed E-state index contributed by atoms with van der Waals surface area (Å²) in [6, 6.07) is 14.3. The fourth-order valence-electron chi connectivity index (χ4n) is 3.47. The second-order valence-electron chi connectivity index (χ2n) is 7.16. The molecular weight excluding hydrogens is 326 g/mol. The van der Waals surface area contributed by atoms with Crippen LogP contribution in [0.2, 0.25) is 0 Å². The first-order chi connectivity index (χ1) is 12.6. The number of hydrogen-bond acceptors (Lipinski definition) is 4. The summed E-state index contributed by atoms with van der Waals surface area (Å²) < 4.78 is 6.24. The number of hydrogen-bond donors (Lipinski definition) is 0. The van der Waals surface area contributed by atoms with E-state index in [0.29, 0.717) is 6.54 Å². The van der Waals surface area contributed by atoms with Gasteiger partial charge in [0.15, 0.2) is 0 Å². The summed E-state index contributed by atoms with van der Waals surface area (Å²) in [5.74, 6) is 1.24. The maximum absolute atomic E-state index is 12.5. The normalized spacial score (nSPS) is 20.2. The second-order valence-corrected chi connectivity index (χ2v) is 7.16. The van der Waals surface area contributed by atoms with Crippen LogP contribution in [0, 0.1) is 5.92 Å². The fourth-order valence-corrected chi connectivity index (χ4v) is 3.47. The van der Waals surface area contributed by atoms with Gasteiger partial charge in [0.05, 0.1) is 12.7 Å². The number of pyridine rings is 1. The highest BCUT2D eigenvalue weighted by atomic mass is 16.5. The summed E-state index contributed by atoms with van der Waals surface area (Å²) in [6.07, 6.45) is 5.33. The molecule has 5 heteroatoms. The second kappa shape index (κ2) is 8.81. The molecule has 1 aliphatic rings. The van der Waals surface area contributed by atoms with E-state index in [1.807, 2.05) is 42.1 Å². The maximum atomic E-state index is 12.5. The summed E-state index contributed by atoms with van der Waals surface area (Å²) in [4.78, 5) is 20.6. The Morgan fingerprint density at radius 3 is 2.73 bits per heavy atom. The van der Waals surface area contributed by atoms with E-state index in [-0.39, 0.29) is 17.9 Å². The van der Waals surface area contributed by atoms with Gasteiger partial charge in [-0.05, 0) is 38.2 Å². The number of rotatable bonds is 6. The van der Waals surface area contributed by atoms with Crippen LogP contribution < -0.4 is 4.74 Å². The number of aromatic nitrogens is 1. The van der Waals surface area contributed by atoms with E-state index < -0.39 is 0 Å². The molecule has 1 aromatic carbocycles. The first kappa shape index (κ1) is 18.4. The molecule has 1 saturated heterocycles. The van der Waals surface area contributed by atoms with Crippen LogP contribution >= 0.6 is 0 Å². The van der Waals surface area contributed by atoms with Gasteiger partial charge < -0.3 is 14.5 Å². The molecule has 1 aliphatic heterocycles. The first-order valence-electron chi connectivity index (χ1n) is 9.15. The van der Waals surface area contributed by atoms with Crippen molar-refractivity contribution in [2.45, 2.75) is 18.9 Å². The van der Waals surface area contributed by atoms with Crippen LogP contribution in [0.4, 0.5) is 0 Å². The van der Waals surface area contributed by atoms with Gasteiger partial charge in [-0.25, -0.2) is 0 Å². The number of ether oxygens (including phenoxy) is 1. The summed E-state index contributed by atoms with van der Waals surface area (Å²) in [7, 11) is 3.86. The van der Waals surface area contributed by atoms with Gasteiger partial charge >= 0.3 is 0 Å². The lowest BCUT2D eigenvalue weighted by atomic mass is 9.88. The minimum Gasteiger partial charge on any atom is -0.488 e. The van der Waals surface area contributed by atoms with Gasteiger partial charge in [0.2, 0.25) is 5.91 Å². The van der Waals surface area contributed by atoms with Crippen molar-refractivity contribution in [1.29, 1.82) is 0 Å². The number of amides is 1. The Bertz CT molecular complexity index is 691. The maximum Gasteiger partial charge on any atom is 0.236 e. The van der Waals surface area contributed by atoms with Crippen LogP contribution in [-0.2, 0) is 11.2 Å². The fraction of sp³-hybridized carbons (Fsp3) is 0.429. The molecule has 0 saturated carbocycles. The molecule has 0 bridgehead atoms. The molecule has 0 aliphatic carbocycles. The van der Waals surface area contributed by atoms with Crippen LogP contribution in [0.1, 0.15) is 12.0 Å². The Balaban J connectivity index is 1.72. The summed E-state index contributed by atoms with van der Waals surface area (Å²) >= 11 is 0. The largest absolute Gasteiger partial charge is 0.488 e. The highest BCUT2D eigenvalue weighted by Gasteiger charge is 2.33. The number of carbonyl (C=O) groups excluding carboxylic acids is 1. The van der Waals surface area contributed by atoms with Gasteiger partial charge in [-0.1, -0.05) is 30.3 Å². The monoisotopic (exact) mass is 353 g/mol. The summed E-state index contributed by atoms with van der Waals surface area (Å²) in [5, 5.41) is 0. The van der Waals surface area contributed by atoms with Gasteiger partial charge in [-0.15, -0.1) is 0 Å². The van der Waals surface area contributed by atoms with Gasteiger partial charge in [-0.3, -0.25) is 9.78 Å². The number of benzene rings is 1. The average Bonchev–Trinajstić information content (AvgIpc) is 2.64. The van der Waals surface area contributed by atoms with Crippen LogP contribution in [0.25, 0.3) is 0 Å². The van der Waals surface area contributed by atoms with Crippen molar-refractivity contribution in [3.05, 3.63) is 60.4 Å². The lowest BCUT2D eigenvalue weighted by Crippen LogP contribution is -2.50. The average molecular weight is 353 g/mol. The van der Waals surface area contributed by atoms with E-state index in [2.05, 4.69) is 29.2 Å². The Morgan fingerprint density at radius 2 is 2.04 bits per heavy atom. The SMILES string of the molecule is CN(C)CC(=O)N1CC[C@H](Oc2cccnc2)[C@@H](Cc2ccccc2)C1. The number of piperidine rings is 1. The van der Waals surface area contributed by atoms with Gasteiger partial charge in [0.1, 0.15) is 11.9 Å². The standard InChI is InChI=1S/C21H27N3O2/c1-23(2)16-21(25)24-12-10-20(26-19-9-6-11-22-14-19)18(15-24)13-17-7-4-3-5-8-17/h3-9,11,14,18,20H,10,12-13,15-16H2,1-2H3/t18-,20-/m0/s1. The van der Waals surface area contributed by atoms with E-state index in [1.165, 1.54) is 5.56 Å². The zero-order chi connectivity index (χ0) is 18.4. The molecule has 26 heavy (non-hydrogen) atoms. The predicted molar refractivity (Wildman–Crippen MR) is 102 cm³/mol. The van der Waals surface area contributed by atoms with Crippen molar-refractivity contribution in [1.82, 2.24) is 14.8 Å². The van der Waals surface area contributed by atoms with Crippen LogP contribution in [-0.4, -0.2) is 60.5 Å². The number of likely N-dealkylation sites (tertiary alicyclic amines) is 1. The third kappa shape index (κ3) is 5.05. The molecule has 2 atom stereocenters. The van der Waals surface area contributed by atoms with Crippen molar-refractivity contribution < 1.29 is 9.53 Å². The highest BCUT2D eigenvalue weighted by Crippen LogP contribution is 2.26. The van der Waals surface area contributed by atoms with E-state index in [9.17, 15) is 4.79 Å². The van der Waals surface area contributed by atoms with E-state index in [1.54, 1.807) is 12.4 Å². The smallest absolute Gasteiger partial charge is 0.236 e. The molecule has 2 heterocycles. The lowest BCUT2D eigenvalue weighted by molar-refractivity contribution is -0.135. The van der Waals surface area contributed by atoms with Gasteiger partial charge in [-0.2, -0.15) is 0 Å².